The van der Waals surface area contributed by atoms with Crippen molar-refractivity contribution in [3.05, 3.63) is 51.4 Å². The van der Waals surface area contributed by atoms with Crippen LogP contribution < -0.4 is 20.3 Å². The van der Waals surface area contributed by atoms with E-state index in [-0.39, 0.29) is 5.56 Å². The Balaban J connectivity index is 1.94. The number of carbonyl (C=O) groups is 1. The Morgan fingerprint density at radius 3 is 2.71 bits per heavy atom. The first kappa shape index (κ1) is 16.0. The second-order valence-electron chi connectivity index (χ2n) is 5.00. The summed E-state index contributed by atoms with van der Waals surface area (Å²) in [5.41, 5.74) is 0.818. The first-order valence-corrected chi connectivity index (χ1v) is 7.92. The lowest BCUT2D eigenvalue weighted by Gasteiger charge is -2.10. The Labute approximate surface area is 141 Å². The van der Waals surface area contributed by atoms with Crippen molar-refractivity contribution in [3.63, 3.8) is 0 Å². The molecule has 8 heteroatoms. The summed E-state index contributed by atoms with van der Waals surface area (Å²) in [6, 6.07) is 4.96. The topological polar surface area (TPSA) is 81.9 Å². The number of methoxy groups -OCH3 is 2. The van der Waals surface area contributed by atoms with Gasteiger partial charge in [0.05, 0.1) is 14.2 Å². The van der Waals surface area contributed by atoms with E-state index in [1.807, 2.05) is 5.38 Å². The number of carbonyl (C=O) groups excluding carboxylic acids is 1. The van der Waals surface area contributed by atoms with E-state index in [1.165, 1.54) is 36.2 Å². The molecule has 0 aliphatic rings. The normalized spacial score (nSPS) is 10.6. The first-order chi connectivity index (χ1) is 11.5. The van der Waals surface area contributed by atoms with Crippen LogP contribution in [0.2, 0.25) is 0 Å². The number of aromatic nitrogens is 2. The number of hydrogen-bond acceptors (Lipinski definition) is 6. The summed E-state index contributed by atoms with van der Waals surface area (Å²) in [5.74, 6) is 0.501. The van der Waals surface area contributed by atoms with Crippen LogP contribution in [0.3, 0.4) is 0 Å². The second-order valence-corrected chi connectivity index (χ2v) is 5.83. The van der Waals surface area contributed by atoms with E-state index >= 15 is 0 Å². The molecule has 0 bridgehead atoms. The van der Waals surface area contributed by atoms with Gasteiger partial charge < -0.3 is 14.8 Å². The number of nitrogens with zero attached hydrogens (tertiary/aromatic N) is 2. The summed E-state index contributed by atoms with van der Waals surface area (Å²) in [6.07, 6.45) is 1.30. The van der Waals surface area contributed by atoms with Crippen LogP contribution in [0, 0.1) is 6.92 Å². The van der Waals surface area contributed by atoms with Crippen LogP contribution in [0.1, 0.15) is 16.1 Å². The number of thiazole rings is 1. The Hall–Kier alpha value is -2.87. The molecule has 0 spiro atoms. The number of ether oxygens (including phenoxy) is 2. The fourth-order valence-corrected chi connectivity index (χ4v) is 3.12. The van der Waals surface area contributed by atoms with Crippen LogP contribution in [-0.4, -0.2) is 29.5 Å². The average molecular weight is 345 g/mol. The average Bonchev–Trinajstić information content (AvgIpc) is 2.96. The molecule has 3 rings (SSSR count). The Kier molecular flexibility index (Phi) is 4.22. The summed E-state index contributed by atoms with van der Waals surface area (Å²) < 4.78 is 11.8. The third-order valence-electron chi connectivity index (χ3n) is 3.50. The van der Waals surface area contributed by atoms with Gasteiger partial charge in [-0.15, -0.1) is 11.3 Å². The van der Waals surface area contributed by atoms with Crippen LogP contribution >= 0.6 is 11.3 Å². The molecule has 3 aromatic rings. The molecule has 1 amide bonds. The third-order valence-corrected chi connectivity index (χ3v) is 4.46. The van der Waals surface area contributed by atoms with Crippen LogP contribution in [0.4, 0.5) is 5.69 Å². The van der Waals surface area contributed by atoms with Crippen molar-refractivity contribution in [1.29, 1.82) is 0 Å². The smallest absolute Gasteiger partial charge is 0.271 e. The zero-order valence-electron chi connectivity index (χ0n) is 13.3. The number of amides is 1. The predicted molar refractivity (Wildman–Crippen MR) is 91.6 cm³/mol. The maximum Gasteiger partial charge on any atom is 0.271 e. The van der Waals surface area contributed by atoms with Crippen molar-refractivity contribution in [2.75, 3.05) is 19.5 Å². The number of benzene rings is 1. The summed E-state index contributed by atoms with van der Waals surface area (Å²) >= 11 is 1.35. The monoisotopic (exact) mass is 345 g/mol. The highest BCUT2D eigenvalue weighted by Crippen LogP contribution is 2.29. The second kappa shape index (κ2) is 6.32. The van der Waals surface area contributed by atoms with Gasteiger partial charge in [-0.25, -0.2) is 4.98 Å². The molecule has 2 heterocycles. The van der Waals surface area contributed by atoms with Crippen LogP contribution in [0.5, 0.6) is 11.5 Å². The molecule has 0 unspecified atom stereocenters. The number of nitrogens with one attached hydrogen (secondary N) is 1. The number of rotatable bonds is 4. The van der Waals surface area contributed by atoms with Gasteiger partial charge in [-0.2, -0.15) is 0 Å². The summed E-state index contributed by atoms with van der Waals surface area (Å²) in [5, 5.41) is 4.50. The fraction of sp³-hybridized carbons (Fsp3) is 0.188. The highest BCUT2D eigenvalue weighted by molar-refractivity contribution is 7.15. The number of fused-ring (bicyclic) bond motifs is 1. The van der Waals surface area contributed by atoms with E-state index in [0.29, 0.717) is 22.1 Å². The highest BCUT2D eigenvalue weighted by Gasteiger charge is 2.16. The molecule has 1 aromatic carbocycles. The van der Waals surface area contributed by atoms with Gasteiger partial charge in [-0.05, 0) is 19.1 Å². The molecule has 124 valence electrons. The zero-order valence-corrected chi connectivity index (χ0v) is 14.1. The maximum atomic E-state index is 12.5. The van der Waals surface area contributed by atoms with Gasteiger partial charge in [-0.1, -0.05) is 0 Å². The van der Waals surface area contributed by atoms with Gasteiger partial charge in [0.1, 0.15) is 5.56 Å². The lowest BCUT2D eigenvalue weighted by Crippen LogP contribution is -2.26. The minimum atomic E-state index is -0.528. The molecule has 0 aliphatic carbocycles. The molecule has 0 saturated carbocycles. The first-order valence-electron chi connectivity index (χ1n) is 7.04. The molecular weight excluding hydrogens is 330 g/mol. The van der Waals surface area contributed by atoms with Crippen molar-refractivity contribution < 1.29 is 14.3 Å². The SMILES string of the molecule is COc1ccc(NC(=O)c2cnc3scc(C)n3c2=O)cc1OC. The minimum absolute atomic E-state index is 0.0243. The van der Waals surface area contributed by atoms with Crippen molar-refractivity contribution in [3.8, 4) is 11.5 Å². The molecule has 0 atom stereocenters. The molecule has 0 saturated heterocycles. The van der Waals surface area contributed by atoms with Gasteiger partial charge in [-0.3, -0.25) is 14.0 Å². The van der Waals surface area contributed by atoms with E-state index in [0.717, 1.165) is 5.69 Å². The number of anilines is 1. The molecule has 1 N–H and O–H groups in total. The van der Waals surface area contributed by atoms with E-state index in [1.54, 1.807) is 25.1 Å². The Morgan fingerprint density at radius 2 is 2.00 bits per heavy atom. The summed E-state index contributed by atoms with van der Waals surface area (Å²) in [6.45, 7) is 1.79. The molecule has 0 fully saturated rings. The maximum absolute atomic E-state index is 12.5. The van der Waals surface area contributed by atoms with Gasteiger partial charge >= 0.3 is 0 Å². The van der Waals surface area contributed by atoms with Gasteiger partial charge in [0.2, 0.25) is 0 Å². The molecular formula is C16H15N3O4S. The molecule has 7 nitrogen and oxygen atoms in total. The van der Waals surface area contributed by atoms with Crippen LogP contribution in [0.25, 0.3) is 4.96 Å². The molecule has 0 aliphatic heterocycles. The third kappa shape index (κ3) is 2.71. The van der Waals surface area contributed by atoms with E-state index in [9.17, 15) is 9.59 Å². The number of aryl methyl sites for hydroxylation is 1. The lowest BCUT2D eigenvalue weighted by atomic mass is 10.2. The van der Waals surface area contributed by atoms with Crippen LogP contribution in [0.15, 0.2) is 34.6 Å². The lowest BCUT2D eigenvalue weighted by molar-refractivity contribution is 0.102. The van der Waals surface area contributed by atoms with E-state index in [2.05, 4.69) is 10.3 Å². The Morgan fingerprint density at radius 1 is 1.25 bits per heavy atom. The molecule has 2 aromatic heterocycles. The summed E-state index contributed by atoms with van der Waals surface area (Å²) in [7, 11) is 3.04. The number of hydrogen-bond donors (Lipinski definition) is 1. The van der Waals surface area contributed by atoms with Crippen molar-refractivity contribution in [2.45, 2.75) is 6.92 Å². The van der Waals surface area contributed by atoms with Crippen molar-refractivity contribution in [2.24, 2.45) is 0 Å². The molecule has 24 heavy (non-hydrogen) atoms. The molecule has 0 radical (unpaired) electrons. The van der Waals surface area contributed by atoms with E-state index in [4.69, 9.17) is 9.47 Å². The highest BCUT2D eigenvalue weighted by atomic mass is 32.1. The van der Waals surface area contributed by atoms with Gasteiger partial charge in [0.15, 0.2) is 16.5 Å². The van der Waals surface area contributed by atoms with Crippen molar-refractivity contribution in [1.82, 2.24) is 9.38 Å². The van der Waals surface area contributed by atoms with Gasteiger partial charge in [0.25, 0.3) is 11.5 Å². The summed E-state index contributed by atoms with van der Waals surface area (Å²) in [4.78, 5) is 29.6. The predicted octanol–water partition coefficient (Wildman–Crippen LogP) is 2.33. The largest absolute Gasteiger partial charge is 0.493 e. The van der Waals surface area contributed by atoms with Crippen LogP contribution in [-0.2, 0) is 0 Å². The zero-order chi connectivity index (χ0) is 17.3. The van der Waals surface area contributed by atoms with Crippen molar-refractivity contribution >= 4 is 27.9 Å². The van der Waals surface area contributed by atoms with Gasteiger partial charge in [0, 0.05) is 29.0 Å². The fourth-order valence-electron chi connectivity index (χ4n) is 2.29. The van der Waals surface area contributed by atoms with E-state index < -0.39 is 11.5 Å². The quantitative estimate of drug-likeness (QED) is 0.785. The standard InChI is InChI=1S/C16H15N3O4S/c1-9-8-24-16-17-7-11(15(21)19(9)16)14(20)18-10-4-5-12(22-2)13(6-10)23-3/h4-8H,1-3H3,(H,18,20). The Bertz CT molecular complexity index is 977. The minimum Gasteiger partial charge on any atom is -0.493 e.